The Balaban J connectivity index is 1.98. The lowest BCUT2D eigenvalue weighted by atomic mass is 10.1. The number of aromatic nitrogens is 1. The number of hydrogen-bond acceptors (Lipinski definition) is 7. The Morgan fingerprint density at radius 1 is 1.27 bits per heavy atom. The first-order valence-corrected chi connectivity index (χ1v) is 11.3. The number of halogens is 4. The Kier molecular flexibility index (Phi) is 7.45. The number of thiazole rings is 1. The SMILES string of the molecule is CSNC(=O)c1nc(N(Cc2ccc(OC(F)(F)F)c(F)c2)c2ccc(C#N)cc2)sc1C. The molecule has 0 spiro atoms. The molecule has 0 saturated heterocycles. The van der Waals surface area contributed by atoms with Crippen LogP contribution in [0.2, 0.25) is 0 Å². The summed E-state index contributed by atoms with van der Waals surface area (Å²) in [5.74, 6) is -2.47. The predicted molar refractivity (Wildman–Crippen MR) is 118 cm³/mol. The van der Waals surface area contributed by atoms with Gasteiger partial charge in [-0.15, -0.1) is 24.5 Å². The predicted octanol–water partition coefficient (Wildman–Crippen LogP) is 5.71. The molecule has 0 aliphatic carbocycles. The van der Waals surface area contributed by atoms with Gasteiger partial charge in [-0.2, -0.15) is 5.26 Å². The van der Waals surface area contributed by atoms with Gasteiger partial charge in [0, 0.05) is 16.8 Å². The van der Waals surface area contributed by atoms with Crippen LogP contribution in [0.1, 0.15) is 26.5 Å². The molecule has 12 heteroatoms. The Labute approximate surface area is 194 Å². The molecule has 0 radical (unpaired) electrons. The molecule has 3 aromatic rings. The van der Waals surface area contributed by atoms with Crippen LogP contribution in [0.4, 0.5) is 28.4 Å². The molecule has 0 fully saturated rings. The van der Waals surface area contributed by atoms with Crippen LogP contribution in [-0.4, -0.2) is 23.5 Å². The third kappa shape index (κ3) is 6.15. The van der Waals surface area contributed by atoms with E-state index in [-0.39, 0.29) is 18.1 Å². The second kappa shape index (κ2) is 10.1. The standard InChI is InChI=1S/C21H16F4N4O2S2/c1-12-18(19(30)28-32-2)27-20(33-12)29(15-6-3-13(10-26)4-7-15)11-14-5-8-17(16(22)9-14)31-21(23,24)25/h3-9H,11H2,1-2H3,(H,28,30). The average Bonchev–Trinajstić information content (AvgIpc) is 3.15. The van der Waals surface area contributed by atoms with Crippen molar-refractivity contribution >= 4 is 40.0 Å². The Morgan fingerprint density at radius 3 is 2.55 bits per heavy atom. The maximum Gasteiger partial charge on any atom is 0.573 e. The maximum absolute atomic E-state index is 14.2. The first kappa shape index (κ1) is 24.3. The highest BCUT2D eigenvalue weighted by atomic mass is 32.2. The first-order chi connectivity index (χ1) is 15.6. The van der Waals surface area contributed by atoms with Gasteiger partial charge in [0.2, 0.25) is 0 Å². The van der Waals surface area contributed by atoms with E-state index < -0.39 is 17.9 Å². The minimum Gasteiger partial charge on any atom is -0.403 e. The van der Waals surface area contributed by atoms with Crippen LogP contribution >= 0.6 is 23.3 Å². The summed E-state index contributed by atoms with van der Waals surface area (Å²) < 4.78 is 57.8. The molecule has 172 valence electrons. The molecule has 1 N–H and O–H groups in total. The minimum absolute atomic E-state index is 0.0334. The third-order valence-electron chi connectivity index (χ3n) is 4.30. The number of anilines is 2. The van der Waals surface area contributed by atoms with Crippen molar-refractivity contribution in [2.75, 3.05) is 11.2 Å². The lowest BCUT2D eigenvalue weighted by molar-refractivity contribution is -0.275. The van der Waals surface area contributed by atoms with Crippen LogP contribution in [0.5, 0.6) is 5.75 Å². The fraction of sp³-hybridized carbons (Fsp3) is 0.190. The lowest BCUT2D eigenvalue weighted by Gasteiger charge is -2.22. The van der Waals surface area contributed by atoms with E-state index in [0.29, 0.717) is 26.8 Å². The second-order valence-corrected chi connectivity index (χ2v) is 8.39. The van der Waals surface area contributed by atoms with Crippen molar-refractivity contribution in [1.82, 2.24) is 9.71 Å². The molecule has 33 heavy (non-hydrogen) atoms. The smallest absolute Gasteiger partial charge is 0.403 e. The molecule has 3 rings (SSSR count). The fourth-order valence-electron chi connectivity index (χ4n) is 2.87. The molecule has 1 heterocycles. The van der Waals surface area contributed by atoms with E-state index >= 15 is 0 Å². The van der Waals surface area contributed by atoms with Crippen molar-refractivity contribution in [3.05, 3.63) is 70.0 Å². The zero-order valence-corrected chi connectivity index (χ0v) is 18.9. The topological polar surface area (TPSA) is 78.2 Å². The average molecular weight is 497 g/mol. The molecular weight excluding hydrogens is 480 g/mol. The van der Waals surface area contributed by atoms with E-state index in [1.54, 1.807) is 42.3 Å². The number of nitrogens with one attached hydrogen (secondary N) is 1. The molecule has 0 aliphatic rings. The van der Waals surface area contributed by atoms with Crippen molar-refractivity contribution < 1.29 is 27.1 Å². The van der Waals surface area contributed by atoms with Crippen LogP contribution in [-0.2, 0) is 6.54 Å². The normalized spacial score (nSPS) is 11.1. The summed E-state index contributed by atoms with van der Waals surface area (Å²) in [6, 6.07) is 11.7. The maximum atomic E-state index is 14.2. The van der Waals surface area contributed by atoms with E-state index in [1.165, 1.54) is 17.4 Å². The van der Waals surface area contributed by atoms with Gasteiger partial charge in [0.25, 0.3) is 5.91 Å². The van der Waals surface area contributed by atoms with Gasteiger partial charge in [-0.1, -0.05) is 18.0 Å². The highest BCUT2D eigenvalue weighted by molar-refractivity contribution is 7.97. The van der Waals surface area contributed by atoms with E-state index in [4.69, 9.17) is 5.26 Å². The number of rotatable bonds is 7. The van der Waals surface area contributed by atoms with E-state index in [1.807, 2.05) is 6.07 Å². The quantitative estimate of drug-likeness (QED) is 0.334. The van der Waals surface area contributed by atoms with Crippen molar-refractivity contribution in [1.29, 1.82) is 5.26 Å². The number of benzene rings is 2. The van der Waals surface area contributed by atoms with E-state index in [2.05, 4.69) is 14.4 Å². The molecule has 6 nitrogen and oxygen atoms in total. The zero-order valence-electron chi connectivity index (χ0n) is 17.2. The van der Waals surface area contributed by atoms with Gasteiger partial charge in [-0.05, 0) is 48.9 Å². The number of alkyl halides is 3. The van der Waals surface area contributed by atoms with E-state index in [0.717, 1.165) is 24.1 Å². The first-order valence-electron chi connectivity index (χ1n) is 9.24. The summed E-state index contributed by atoms with van der Waals surface area (Å²) in [5.41, 5.74) is 1.59. The number of carbonyl (C=O) groups is 1. The highest BCUT2D eigenvalue weighted by Crippen LogP contribution is 2.34. The summed E-state index contributed by atoms with van der Waals surface area (Å²) in [4.78, 5) is 19.0. The molecule has 0 aliphatic heterocycles. The minimum atomic E-state index is -5.01. The summed E-state index contributed by atoms with van der Waals surface area (Å²) in [6.07, 6.45) is -3.31. The fourth-order valence-corrected chi connectivity index (χ4v) is 4.08. The summed E-state index contributed by atoms with van der Waals surface area (Å²) in [7, 11) is 0. The number of amides is 1. The third-order valence-corrected chi connectivity index (χ3v) is 5.68. The lowest BCUT2D eigenvalue weighted by Crippen LogP contribution is -2.19. The summed E-state index contributed by atoms with van der Waals surface area (Å²) in [5, 5.41) is 9.47. The Bertz CT molecular complexity index is 1190. The van der Waals surface area contributed by atoms with Gasteiger partial charge in [-0.3, -0.25) is 9.52 Å². The van der Waals surface area contributed by atoms with Gasteiger partial charge in [0.1, 0.15) is 5.69 Å². The van der Waals surface area contributed by atoms with Crippen LogP contribution < -0.4 is 14.4 Å². The molecule has 0 unspecified atom stereocenters. The molecule has 0 atom stereocenters. The Morgan fingerprint density at radius 2 is 1.97 bits per heavy atom. The van der Waals surface area contributed by atoms with Gasteiger partial charge in [0.05, 0.1) is 18.2 Å². The van der Waals surface area contributed by atoms with Crippen molar-refractivity contribution in [3.8, 4) is 11.8 Å². The van der Waals surface area contributed by atoms with Gasteiger partial charge >= 0.3 is 6.36 Å². The number of carbonyl (C=O) groups excluding carboxylic acids is 1. The van der Waals surface area contributed by atoms with Gasteiger partial charge in [-0.25, -0.2) is 9.37 Å². The van der Waals surface area contributed by atoms with Crippen LogP contribution in [0, 0.1) is 24.1 Å². The van der Waals surface area contributed by atoms with Gasteiger partial charge in [0.15, 0.2) is 16.7 Å². The van der Waals surface area contributed by atoms with Gasteiger partial charge < -0.3 is 9.64 Å². The molecule has 0 bridgehead atoms. The van der Waals surface area contributed by atoms with Crippen molar-refractivity contribution in [3.63, 3.8) is 0 Å². The van der Waals surface area contributed by atoms with Crippen molar-refractivity contribution in [2.45, 2.75) is 19.8 Å². The highest BCUT2D eigenvalue weighted by Gasteiger charge is 2.32. The number of nitrogens with zero attached hydrogens (tertiary/aromatic N) is 3. The number of aryl methyl sites for hydroxylation is 1. The molecular formula is C21H16F4N4O2S2. The van der Waals surface area contributed by atoms with Crippen LogP contribution in [0.3, 0.4) is 0 Å². The molecule has 2 aromatic carbocycles. The number of ether oxygens (including phenoxy) is 1. The second-order valence-electron chi connectivity index (χ2n) is 6.59. The largest absolute Gasteiger partial charge is 0.573 e. The monoisotopic (exact) mass is 496 g/mol. The van der Waals surface area contributed by atoms with Crippen LogP contribution in [0.15, 0.2) is 42.5 Å². The molecule has 0 saturated carbocycles. The molecule has 1 aromatic heterocycles. The van der Waals surface area contributed by atoms with Crippen LogP contribution in [0.25, 0.3) is 0 Å². The van der Waals surface area contributed by atoms with Crippen molar-refractivity contribution in [2.24, 2.45) is 0 Å². The molecule has 1 amide bonds. The Hall–Kier alpha value is -3.30. The summed E-state index contributed by atoms with van der Waals surface area (Å²) in [6.45, 7) is 1.77. The zero-order chi connectivity index (χ0) is 24.2. The summed E-state index contributed by atoms with van der Waals surface area (Å²) >= 11 is 2.36. The number of nitriles is 1. The number of hydrogen-bond donors (Lipinski definition) is 1. The van der Waals surface area contributed by atoms with E-state index in [9.17, 15) is 22.4 Å².